The normalized spacial score (nSPS) is 17.0. The smallest absolute Gasteiger partial charge is 0.410 e. The van der Waals surface area contributed by atoms with Gasteiger partial charge < -0.3 is 24.0 Å². The Labute approximate surface area is 268 Å². The molecule has 0 radical (unpaired) electrons. The molecule has 46 heavy (non-hydrogen) atoms. The number of rotatable bonds is 8. The fourth-order valence-corrected chi connectivity index (χ4v) is 6.55. The number of nitrogens with zero attached hydrogens (tertiary/aromatic N) is 6. The van der Waals surface area contributed by atoms with Crippen LogP contribution in [0.15, 0.2) is 43.0 Å². The first-order valence-electron chi connectivity index (χ1n) is 15.8. The van der Waals surface area contributed by atoms with Crippen LogP contribution in [0.2, 0.25) is 0 Å². The summed E-state index contributed by atoms with van der Waals surface area (Å²) in [4.78, 5) is 44.5. The van der Waals surface area contributed by atoms with E-state index in [1.165, 1.54) is 24.5 Å². The third-order valence-electron chi connectivity index (χ3n) is 8.69. The first-order chi connectivity index (χ1) is 21.8. The van der Waals surface area contributed by atoms with Gasteiger partial charge in [0.15, 0.2) is 11.6 Å². The zero-order chi connectivity index (χ0) is 32.8. The maximum absolute atomic E-state index is 14.3. The van der Waals surface area contributed by atoms with Crippen LogP contribution < -0.4 is 14.4 Å². The van der Waals surface area contributed by atoms with E-state index in [0.717, 1.165) is 42.9 Å². The SMILES string of the molecule is CCN(C(=O)c1cc(F)ccc1Oc1cncnc1N1CC2(CC(Oc3ccnc4c3CN(C(=O)OC(C)(C)C)C4)C2)C1)C(C)C. The van der Waals surface area contributed by atoms with Crippen molar-refractivity contribution in [3.8, 4) is 17.2 Å². The van der Waals surface area contributed by atoms with Gasteiger partial charge in [-0.25, -0.2) is 19.2 Å². The van der Waals surface area contributed by atoms with Crippen LogP contribution >= 0.6 is 0 Å². The van der Waals surface area contributed by atoms with Gasteiger partial charge in [-0.3, -0.25) is 14.7 Å². The van der Waals surface area contributed by atoms with Crippen LogP contribution in [-0.4, -0.2) is 74.1 Å². The van der Waals surface area contributed by atoms with Crippen molar-refractivity contribution in [3.63, 3.8) is 0 Å². The van der Waals surface area contributed by atoms with E-state index in [2.05, 4.69) is 19.9 Å². The predicted octanol–water partition coefficient (Wildman–Crippen LogP) is 5.97. The van der Waals surface area contributed by atoms with E-state index in [4.69, 9.17) is 14.2 Å². The standard InChI is InChI=1S/C34H41FN6O5/c1-7-41(21(2)3)31(42)24-12-22(35)8-9-27(24)45-29-15-36-20-38-30(29)40-18-34(19-40)13-23(14-34)44-28-10-11-37-26-17-39(16-25(26)28)32(43)46-33(4,5)6/h8-12,15,20-21,23H,7,13-14,16-19H2,1-6H3. The minimum atomic E-state index is -0.568. The zero-order valence-corrected chi connectivity index (χ0v) is 27.2. The molecule has 2 aromatic heterocycles. The summed E-state index contributed by atoms with van der Waals surface area (Å²) < 4.78 is 32.5. The first kappa shape index (κ1) is 31.5. The molecule has 2 fully saturated rings. The fraction of sp³-hybridized carbons (Fsp3) is 0.500. The van der Waals surface area contributed by atoms with E-state index < -0.39 is 11.4 Å². The second-order valence-electron chi connectivity index (χ2n) is 13.7. The largest absolute Gasteiger partial charge is 0.490 e. The Bertz CT molecular complexity index is 1630. The molecule has 1 aromatic carbocycles. The summed E-state index contributed by atoms with van der Waals surface area (Å²) in [5, 5.41) is 0. The van der Waals surface area contributed by atoms with Crippen molar-refractivity contribution in [2.75, 3.05) is 24.5 Å². The lowest BCUT2D eigenvalue weighted by molar-refractivity contribution is -0.0349. The highest BCUT2D eigenvalue weighted by Gasteiger charge is 2.54. The lowest BCUT2D eigenvalue weighted by atomic mass is 9.61. The molecule has 244 valence electrons. The molecule has 0 bridgehead atoms. The van der Waals surface area contributed by atoms with Gasteiger partial charge in [0.2, 0.25) is 0 Å². The van der Waals surface area contributed by atoms with Crippen molar-refractivity contribution in [3.05, 3.63) is 65.6 Å². The number of hydrogen-bond acceptors (Lipinski definition) is 9. The summed E-state index contributed by atoms with van der Waals surface area (Å²) in [6, 6.07) is 5.79. The fourth-order valence-electron chi connectivity index (χ4n) is 6.55. The van der Waals surface area contributed by atoms with E-state index in [1.54, 1.807) is 22.2 Å². The van der Waals surface area contributed by atoms with Gasteiger partial charge in [-0.1, -0.05) is 0 Å². The molecule has 3 aromatic rings. The van der Waals surface area contributed by atoms with Crippen LogP contribution in [0.5, 0.6) is 17.2 Å². The number of anilines is 1. The van der Waals surface area contributed by atoms with E-state index in [-0.39, 0.29) is 40.9 Å². The third kappa shape index (κ3) is 6.29. The Morgan fingerprint density at radius 3 is 2.54 bits per heavy atom. The topological polar surface area (TPSA) is 110 Å². The summed E-state index contributed by atoms with van der Waals surface area (Å²) in [5.74, 6) is 1.24. The Morgan fingerprint density at radius 1 is 1.09 bits per heavy atom. The van der Waals surface area contributed by atoms with Gasteiger partial charge in [-0.05, 0) is 78.6 Å². The third-order valence-corrected chi connectivity index (χ3v) is 8.69. The van der Waals surface area contributed by atoms with Crippen molar-refractivity contribution >= 4 is 17.8 Å². The van der Waals surface area contributed by atoms with Crippen molar-refractivity contribution < 1.29 is 28.2 Å². The minimum absolute atomic E-state index is 0.0526. The molecule has 0 unspecified atom stereocenters. The summed E-state index contributed by atoms with van der Waals surface area (Å²) in [6.45, 7) is 14.1. The second-order valence-corrected chi connectivity index (χ2v) is 13.7. The Kier molecular flexibility index (Phi) is 8.24. The second kappa shape index (κ2) is 12.0. The highest BCUT2D eigenvalue weighted by Crippen LogP contribution is 2.52. The summed E-state index contributed by atoms with van der Waals surface area (Å²) >= 11 is 0. The van der Waals surface area contributed by atoms with Crippen molar-refractivity contribution in [1.82, 2.24) is 24.8 Å². The first-order valence-corrected chi connectivity index (χ1v) is 15.8. The van der Waals surface area contributed by atoms with E-state index in [9.17, 15) is 14.0 Å². The molecule has 0 N–H and O–H groups in total. The van der Waals surface area contributed by atoms with Crippen LogP contribution in [0.3, 0.4) is 0 Å². The molecule has 1 saturated carbocycles. The van der Waals surface area contributed by atoms with Crippen molar-refractivity contribution in [2.45, 2.75) is 85.2 Å². The number of aromatic nitrogens is 3. The molecule has 2 amide bonds. The van der Waals surface area contributed by atoms with E-state index in [0.29, 0.717) is 31.2 Å². The van der Waals surface area contributed by atoms with Crippen LogP contribution in [-0.2, 0) is 17.8 Å². The minimum Gasteiger partial charge on any atom is -0.490 e. The predicted molar refractivity (Wildman–Crippen MR) is 168 cm³/mol. The van der Waals surface area contributed by atoms with Gasteiger partial charge in [-0.15, -0.1) is 0 Å². The maximum Gasteiger partial charge on any atom is 0.410 e. The molecular formula is C34H41FN6O5. The summed E-state index contributed by atoms with van der Waals surface area (Å²) in [6.07, 6.45) is 6.24. The Hall–Kier alpha value is -4.48. The molecular weight excluding hydrogens is 591 g/mol. The number of fused-ring (bicyclic) bond motifs is 1. The average molecular weight is 633 g/mol. The number of benzene rings is 1. The van der Waals surface area contributed by atoms with Crippen molar-refractivity contribution in [1.29, 1.82) is 0 Å². The molecule has 11 nitrogen and oxygen atoms in total. The van der Waals surface area contributed by atoms with Gasteiger partial charge in [-0.2, -0.15) is 0 Å². The maximum atomic E-state index is 14.3. The molecule has 1 spiro atoms. The van der Waals surface area contributed by atoms with Gasteiger partial charge in [0.05, 0.1) is 30.5 Å². The lowest BCUT2D eigenvalue weighted by Gasteiger charge is -2.58. The van der Waals surface area contributed by atoms with Crippen LogP contribution in [0.1, 0.15) is 76.0 Å². The number of ether oxygens (including phenoxy) is 3. The number of hydrogen-bond donors (Lipinski definition) is 0. The molecule has 6 rings (SSSR count). The van der Waals surface area contributed by atoms with Crippen LogP contribution in [0.4, 0.5) is 15.0 Å². The molecule has 0 atom stereocenters. The van der Waals surface area contributed by atoms with Gasteiger partial charge >= 0.3 is 6.09 Å². The molecule has 4 heterocycles. The number of pyridine rings is 1. The van der Waals surface area contributed by atoms with Crippen molar-refractivity contribution in [2.24, 2.45) is 5.41 Å². The highest BCUT2D eigenvalue weighted by atomic mass is 19.1. The van der Waals surface area contributed by atoms with E-state index >= 15 is 0 Å². The van der Waals surface area contributed by atoms with Gasteiger partial charge in [0.1, 0.15) is 35.3 Å². The van der Waals surface area contributed by atoms with Crippen LogP contribution in [0.25, 0.3) is 0 Å². The monoisotopic (exact) mass is 632 g/mol. The quantitative estimate of drug-likeness (QED) is 0.297. The van der Waals surface area contributed by atoms with Gasteiger partial charge in [0.25, 0.3) is 5.91 Å². The van der Waals surface area contributed by atoms with Crippen LogP contribution in [0, 0.1) is 11.2 Å². The molecule has 1 saturated heterocycles. The summed E-state index contributed by atoms with van der Waals surface area (Å²) in [7, 11) is 0. The highest BCUT2D eigenvalue weighted by molar-refractivity contribution is 5.97. The Balaban J connectivity index is 1.08. The van der Waals surface area contributed by atoms with E-state index in [1.807, 2.05) is 47.6 Å². The zero-order valence-electron chi connectivity index (χ0n) is 27.2. The molecule has 3 aliphatic rings. The average Bonchev–Trinajstić information content (AvgIpc) is 3.40. The lowest BCUT2D eigenvalue weighted by Crippen LogP contribution is -2.65. The molecule has 12 heteroatoms. The Morgan fingerprint density at radius 2 is 1.85 bits per heavy atom. The number of halogens is 1. The number of amides is 2. The van der Waals surface area contributed by atoms with Gasteiger partial charge in [0, 0.05) is 42.9 Å². The summed E-state index contributed by atoms with van der Waals surface area (Å²) in [5.41, 5.74) is 1.45. The number of carbonyl (C=O) groups excluding carboxylic acids is 2. The number of carbonyl (C=O) groups is 2. The molecule has 1 aliphatic carbocycles. The molecule has 2 aliphatic heterocycles.